The Morgan fingerprint density at radius 1 is 0.600 bits per heavy atom. The maximum atomic E-state index is 10.4. The van der Waals surface area contributed by atoms with Crippen molar-refractivity contribution >= 4 is 0 Å². The molecule has 1 aromatic heterocycles. The largest absolute Gasteiger partial charge is 0.513 e. The molecule has 0 N–H and O–H groups in total. The van der Waals surface area contributed by atoms with Crippen LogP contribution in [0.5, 0.6) is 0 Å². The van der Waals surface area contributed by atoms with Crippen molar-refractivity contribution < 1.29 is 19.7 Å². The standard InChI is InChI=1S/C4H2N8O8/c13-9(14)3(10(15)16)1-5-7-2(8-6-1)4(11(17)18)12(19)20/h3-4H. The van der Waals surface area contributed by atoms with Crippen LogP contribution >= 0.6 is 0 Å². The van der Waals surface area contributed by atoms with Crippen LogP contribution in [0, 0.1) is 40.5 Å². The Bertz CT molecular complexity index is 491. The van der Waals surface area contributed by atoms with Crippen molar-refractivity contribution in [2.75, 3.05) is 0 Å². The molecule has 0 atom stereocenters. The first-order valence-corrected chi connectivity index (χ1v) is 4.37. The second-order valence-corrected chi connectivity index (χ2v) is 3.01. The molecule has 0 saturated heterocycles. The number of nitro groups is 4. The molecule has 0 amide bonds. The molecular weight excluding hydrogens is 288 g/mol. The molecule has 0 radical (unpaired) electrons. The smallest absolute Gasteiger partial charge is 0.258 e. The first-order valence-electron chi connectivity index (χ1n) is 4.37. The summed E-state index contributed by atoms with van der Waals surface area (Å²) in [6.07, 6.45) is -5.15. The summed E-state index contributed by atoms with van der Waals surface area (Å²) in [5.41, 5.74) is 0. The summed E-state index contributed by atoms with van der Waals surface area (Å²) in [7, 11) is 0. The van der Waals surface area contributed by atoms with Crippen molar-refractivity contribution in [2.45, 2.75) is 12.3 Å². The summed E-state index contributed by atoms with van der Waals surface area (Å²) < 4.78 is 0. The minimum absolute atomic E-state index is 1.06. The Morgan fingerprint density at radius 3 is 0.950 bits per heavy atom. The van der Waals surface area contributed by atoms with Gasteiger partial charge in [0.25, 0.3) is 0 Å². The summed E-state index contributed by atoms with van der Waals surface area (Å²) in [4.78, 5) is 36.2. The lowest BCUT2D eigenvalue weighted by Crippen LogP contribution is -2.27. The molecule has 1 rings (SSSR count). The molecule has 0 saturated carbocycles. The quantitative estimate of drug-likeness (QED) is 0.326. The highest BCUT2D eigenvalue weighted by Crippen LogP contribution is 2.13. The van der Waals surface area contributed by atoms with E-state index in [1.54, 1.807) is 0 Å². The van der Waals surface area contributed by atoms with E-state index in [-0.39, 0.29) is 0 Å². The third kappa shape index (κ3) is 2.86. The van der Waals surface area contributed by atoms with Crippen molar-refractivity contribution in [3.63, 3.8) is 0 Å². The van der Waals surface area contributed by atoms with Gasteiger partial charge in [-0.05, 0) is 0 Å². The molecule has 106 valence electrons. The highest BCUT2D eigenvalue weighted by molar-refractivity contribution is 4.84. The second kappa shape index (κ2) is 5.46. The Labute approximate surface area is 106 Å². The monoisotopic (exact) mass is 290 g/mol. The van der Waals surface area contributed by atoms with E-state index < -0.39 is 43.7 Å². The molecule has 0 aliphatic carbocycles. The van der Waals surface area contributed by atoms with Crippen LogP contribution in [-0.2, 0) is 0 Å². The fraction of sp³-hybridized carbons (Fsp3) is 0.500. The second-order valence-electron chi connectivity index (χ2n) is 3.01. The van der Waals surface area contributed by atoms with Crippen LogP contribution < -0.4 is 0 Å². The van der Waals surface area contributed by atoms with Gasteiger partial charge in [-0.15, -0.1) is 20.4 Å². The van der Waals surface area contributed by atoms with Crippen LogP contribution in [0.1, 0.15) is 24.0 Å². The maximum Gasteiger partial charge on any atom is 0.513 e. The summed E-state index contributed by atoms with van der Waals surface area (Å²) in [5, 5.41) is 53.1. The van der Waals surface area contributed by atoms with Gasteiger partial charge in [0.2, 0.25) is 0 Å². The summed E-state index contributed by atoms with van der Waals surface area (Å²) >= 11 is 0. The Balaban J connectivity index is 3.16. The predicted molar refractivity (Wildman–Crippen MR) is 51.1 cm³/mol. The maximum absolute atomic E-state index is 10.4. The van der Waals surface area contributed by atoms with E-state index in [2.05, 4.69) is 20.4 Å². The normalized spacial score (nSPS) is 10.5. The first-order chi connectivity index (χ1) is 9.25. The van der Waals surface area contributed by atoms with Crippen molar-refractivity contribution in [3.8, 4) is 0 Å². The molecule has 1 aromatic rings. The lowest BCUT2D eigenvalue weighted by atomic mass is 10.5. The lowest BCUT2D eigenvalue weighted by Gasteiger charge is -2.00. The number of nitrogens with zero attached hydrogens (tertiary/aromatic N) is 8. The summed E-state index contributed by atoms with van der Waals surface area (Å²) in [5.74, 6) is -2.12. The van der Waals surface area contributed by atoms with Gasteiger partial charge in [-0.25, -0.2) is 0 Å². The topological polar surface area (TPSA) is 224 Å². The number of hydrogen-bond donors (Lipinski definition) is 0. The van der Waals surface area contributed by atoms with Crippen LogP contribution in [0.15, 0.2) is 0 Å². The van der Waals surface area contributed by atoms with Crippen molar-refractivity contribution in [1.29, 1.82) is 0 Å². The zero-order chi connectivity index (χ0) is 15.4. The van der Waals surface area contributed by atoms with Crippen molar-refractivity contribution in [2.24, 2.45) is 0 Å². The molecular formula is C4H2N8O8. The summed E-state index contributed by atoms with van der Waals surface area (Å²) in [6.45, 7) is 0. The zero-order valence-electron chi connectivity index (χ0n) is 9.00. The molecule has 20 heavy (non-hydrogen) atoms. The van der Waals surface area contributed by atoms with E-state index in [0.717, 1.165) is 0 Å². The molecule has 0 aliphatic heterocycles. The van der Waals surface area contributed by atoms with Gasteiger partial charge in [0.05, 0.1) is 0 Å². The zero-order valence-corrected chi connectivity index (χ0v) is 9.00. The highest BCUT2D eigenvalue weighted by Gasteiger charge is 2.43. The van der Waals surface area contributed by atoms with Gasteiger partial charge < -0.3 is 0 Å². The molecule has 0 aromatic carbocycles. The minimum Gasteiger partial charge on any atom is -0.258 e. The van der Waals surface area contributed by atoms with Crippen LogP contribution in [0.4, 0.5) is 0 Å². The lowest BCUT2D eigenvalue weighted by molar-refractivity contribution is -0.755. The molecule has 0 aliphatic rings. The molecule has 1 heterocycles. The van der Waals surface area contributed by atoms with E-state index in [1.165, 1.54) is 0 Å². The van der Waals surface area contributed by atoms with E-state index in [0.29, 0.717) is 0 Å². The Hall–Kier alpha value is -3.46. The number of rotatable bonds is 6. The average molecular weight is 290 g/mol. The highest BCUT2D eigenvalue weighted by atomic mass is 16.7. The molecule has 0 spiro atoms. The molecule has 0 bridgehead atoms. The third-order valence-corrected chi connectivity index (χ3v) is 1.77. The van der Waals surface area contributed by atoms with Gasteiger partial charge in [0, 0.05) is 0 Å². The Kier molecular flexibility index (Phi) is 3.98. The average Bonchev–Trinajstić information content (AvgIpc) is 2.29. The van der Waals surface area contributed by atoms with Crippen LogP contribution in [0.3, 0.4) is 0 Å². The SMILES string of the molecule is O=[N+]([O-])C(c1nnc(C([N+](=O)[O-])[N+](=O)[O-])nn1)[N+](=O)[O-]. The van der Waals surface area contributed by atoms with Crippen LogP contribution in [-0.4, -0.2) is 40.1 Å². The minimum atomic E-state index is -2.58. The molecule has 0 fully saturated rings. The van der Waals surface area contributed by atoms with Crippen LogP contribution in [0.2, 0.25) is 0 Å². The predicted octanol–water partition coefficient (Wildman–Crippen LogP) is -1.63. The Morgan fingerprint density at radius 2 is 0.800 bits per heavy atom. The molecule has 16 heteroatoms. The fourth-order valence-electron chi connectivity index (χ4n) is 0.983. The van der Waals surface area contributed by atoms with Gasteiger partial charge in [0.15, 0.2) is 0 Å². The van der Waals surface area contributed by atoms with Gasteiger partial charge in [-0.3, -0.25) is 40.5 Å². The molecule has 16 nitrogen and oxygen atoms in total. The number of hydrogen-bond acceptors (Lipinski definition) is 12. The van der Waals surface area contributed by atoms with E-state index in [4.69, 9.17) is 0 Å². The van der Waals surface area contributed by atoms with E-state index in [1.807, 2.05) is 0 Å². The van der Waals surface area contributed by atoms with Gasteiger partial charge >= 0.3 is 24.0 Å². The summed E-state index contributed by atoms with van der Waals surface area (Å²) in [6, 6.07) is 0. The van der Waals surface area contributed by atoms with Crippen molar-refractivity contribution in [3.05, 3.63) is 52.1 Å². The van der Waals surface area contributed by atoms with Gasteiger partial charge in [0.1, 0.15) is 19.7 Å². The van der Waals surface area contributed by atoms with E-state index >= 15 is 0 Å². The van der Waals surface area contributed by atoms with Gasteiger partial charge in [-0.2, -0.15) is 0 Å². The number of aromatic nitrogens is 4. The fourth-order valence-corrected chi connectivity index (χ4v) is 0.983. The van der Waals surface area contributed by atoms with E-state index in [9.17, 15) is 40.5 Å². The van der Waals surface area contributed by atoms with Gasteiger partial charge in [-0.1, -0.05) is 0 Å². The van der Waals surface area contributed by atoms with Crippen LogP contribution in [0.25, 0.3) is 0 Å². The van der Waals surface area contributed by atoms with Crippen molar-refractivity contribution in [1.82, 2.24) is 20.4 Å². The third-order valence-electron chi connectivity index (χ3n) is 1.77. The first kappa shape index (κ1) is 14.6. The molecule has 0 unspecified atom stereocenters.